The summed E-state index contributed by atoms with van der Waals surface area (Å²) in [7, 11) is -2.57. The van der Waals surface area contributed by atoms with Crippen LogP contribution in [-0.4, -0.2) is 67.4 Å². The maximum atomic E-state index is 6.09. The van der Waals surface area contributed by atoms with E-state index in [9.17, 15) is 0 Å². The van der Waals surface area contributed by atoms with Gasteiger partial charge in [0.15, 0.2) is 17.7 Å². The van der Waals surface area contributed by atoms with Crippen LogP contribution in [0.25, 0.3) is 11.4 Å². The highest BCUT2D eigenvalue weighted by Crippen LogP contribution is 2.27. The van der Waals surface area contributed by atoms with E-state index in [0.29, 0.717) is 35.1 Å². The molecule has 1 saturated heterocycles. The number of rotatable bonds is 12. The molecule has 0 aliphatic carbocycles. The average molecular weight is 573 g/mol. The van der Waals surface area contributed by atoms with Gasteiger partial charge >= 0.3 is 0 Å². The van der Waals surface area contributed by atoms with Crippen LogP contribution >= 0.6 is 15.9 Å². The van der Waals surface area contributed by atoms with Crippen LogP contribution in [-0.2, 0) is 27.0 Å². The monoisotopic (exact) mass is 571 g/mol. The lowest BCUT2D eigenvalue weighted by molar-refractivity contribution is -0.169. The topological polar surface area (TPSA) is 93.4 Å². The second kappa shape index (κ2) is 12.2. The van der Waals surface area contributed by atoms with Crippen molar-refractivity contribution in [3.05, 3.63) is 16.5 Å². The van der Waals surface area contributed by atoms with E-state index in [1.165, 1.54) is 0 Å². The molecular weight excluding hydrogens is 534 g/mol. The lowest BCUT2D eigenvalue weighted by atomic mass is 10.2. The van der Waals surface area contributed by atoms with Crippen LogP contribution in [0.4, 0.5) is 0 Å². The van der Waals surface area contributed by atoms with Crippen molar-refractivity contribution in [1.29, 1.82) is 0 Å². The minimum atomic E-state index is -1.44. The van der Waals surface area contributed by atoms with Gasteiger partial charge in [-0.3, -0.25) is 0 Å². The molecule has 2 aromatic heterocycles. The van der Waals surface area contributed by atoms with E-state index in [2.05, 4.69) is 75.5 Å². The molecule has 1 fully saturated rings. The number of hydrogen-bond acceptors (Lipinski definition) is 8. The molecule has 3 heterocycles. The Bertz CT molecular complexity index is 927. The van der Waals surface area contributed by atoms with Crippen molar-refractivity contribution in [1.82, 2.24) is 25.0 Å². The van der Waals surface area contributed by atoms with Crippen molar-refractivity contribution < 1.29 is 18.9 Å². The molecule has 12 heteroatoms. The Hall–Kier alpha value is -1.19. The predicted octanol–water partition coefficient (Wildman–Crippen LogP) is 5.11. The Morgan fingerprint density at radius 2 is 1.94 bits per heavy atom. The molecule has 0 bridgehead atoms. The molecule has 1 atom stereocenters. The third-order valence-corrected chi connectivity index (χ3v) is 8.69. The second-order valence-electron chi connectivity index (χ2n) is 11.0. The lowest BCUT2D eigenvalue weighted by Gasteiger charge is -2.23. The zero-order valence-corrected chi connectivity index (χ0v) is 24.9. The zero-order valence-electron chi connectivity index (χ0n) is 21.3. The lowest BCUT2D eigenvalue weighted by Crippen LogP contribution is -2.30. The Balaban J connectivity index is 1.71. The van der Waals surface area contributed by atoms with Gasteiger partial charge in [-0.25, -0.2) is 14.6 Å². The van der Waals surface area contributed by atoms with Crippen molar-refractivity contribution in [3.8, 4) is 17.3 Å². The average Bonchev–Trinajstić information content (AvgIpc) is 3.13. The standard InChI is InChI=1S/C22H38BrN5O4Si2/c1-33(2,3)12-11-29-16-32-22-21(23)25-17(13-24-22)20-18(14-31-19-9-7-8-10-30-19)28(27-26-20)15-34(4,5)6/h13,19H,7-12,14-16H2,1-6H3. The molecule has 2 aromatic rings. The smallest absolute Gasteiger partial charge is 0.249 e. The van der Waals surface area contributed by atoms with Crippen LogP contribution in [0.5, 0.6) is 5.88 Å². The number of aromatic nitrogens is 5. The summed E-state index contributed by atoms with van der Waals surface area (Å²) in [5.74, 6) is 0.389. The molecule has 3 rings (SSSR count). The highest BCUT2D eigenvalue weighted by atomic mass is 79.9. The molecule has 1 unspecified atom stereocenters. The fourth-order valence-electron chi connectivity index (χ4n) is 3.37. The van der Waals surface area contributed by atoms with Gasteiger partial charge in [-0.05, 0) is 41.2 Å². The van der Waals surface area contributed by atoms with Crippen LogP contribution in [0, 0.1) is 0 Å². The molecule has 0 N–H and O–H groups in total. The number of halogens is 1. The molecule has 0 radical (unpaired) electrons. The van der Waals surface area contributed by atoms with Crippen molar-refractivity contribution in [2.75, 3.05) is 20.0 Å². The van der Waals surface area contributed by atoms with Crippen molar-refractivity contribution in [2.24, 2.45) is 0 Å². The van der Waals surface area contributed by atoms with Gasteiger partial charge < -0.3 is 18.9 Å². The largest absolute Gasteiger partial charge is 0.449 e. The fourth-order valence-corrected chi connectivity index (χ4v) is 5.68. The van der Waals surface area contributed by atoms with E-state index in [1.807, 2.05) is 4.68 Å². The van der Waals surface area contributed by atoms with Crippen LogP contribution < -0.4 is 4.74 Å². The SMILES string of the molecule is C[Si](C)(C)CCOCOc1ncc(-c2nnn(C[Si](C)(C)C)c2COC2CCCCO2)nc1Br. The van der Waals surface area contributed by atoms with Gasteiger partial charge in [0.05, 0.1) is 26.6 Å². The molecule has 9 nitrogen and oxygen atoms in total. The Kier molecular flexibility index (Phi) is 9.81. The fraction of sp³-hybridized carbons (Fsp3) is 0.727. The van der Waals surface area contributed by atoms with Gasteiger partial charge in [0.1, 0.15) is 11.4 Å². The molecular formula is C22H38BrN5O4Si2. The first-order valence-corrected chi connectivity index (χ1v) is 20.1. The van der Waals surface area contributed by atoms with E-state index in [0.717, 1.165) is 43.8 Å². The Morgan fingerprint density at radius 3 is 2.59 bits per heavy atom. The Labute approximate surface area is 213 Å². The van der Waals surface area contributed by atoms with Gasteiger partial charge in [-0.15, -0.1) is 5.10 Å². The van der Waals surface area contributed by atoms with Crippen LogP contribution in [0.15, 0.2) is 10.8 Å². The summed E-state index contributed by atoms with van der Waals surface area (Å²) in [4.78, 5) is 9.08. The Morgan fingerprint density at radius 1 is 1.15 bits per heavy atom. The van der Waals surface area contributed by atoms with E-state index in [4.69, 9.17) is 18.9 Å². The molecule has 0 spiro atoms. The van der Waals surface area contributed by atoms with Crippen molar-refractivity contribution in [2.45, 2.75) is 83.7 Å². The molecule has 1 aliphatic rings. The van der Waals surface area contributed by atoms with E-state index in [1.54, 1.807) is 6.20 Å². The minimum absolute atomic E-state index is 0.143. The summed E-state index contributed by atoms with van der Waals surface area (Å²) in [6, 6.07) is 1.09. The molecule has 190 valence electrons. The quantitative estimate of drug-likeness (QED) is 0.197. The highest BCUT2D eigenvalue weighted by Gasteiger charge is 2.24. The summed E-state index contributed by atoms with van der Waals surface area (Å²) in [6.07, 6.45) is 5.42. The minimum Gasteiger partial charge on any atom is -0.449 e. The third-order valence-electron chi connectivity index (χ3n) is 5.22. The molecule has 0 amide bonds. The van der Waals surface area contributed by atoms with Gasteiger partial charge in [0.2, 0.25) is 5.88 Å². The van der Waals surface area contributed by atoms with Crippen molar-refractivity contribution in [3.63, 3.8) is 0 Å². The first kappa shape index (κ1) is 27.4. The normalized spacial score (nSPS) is 17.2. The number of hydrogen-bond donors (Lipinski definition) is 0. The predicted molar refractivity (Wildman–Crippen MR) is 140 cm³/mol. The molecule has 34 heavy (non-hydrogen) atoms. The second-order valence-corrected chi connectivity index (χ2v) is 22.9. The molecule has 0 aromatic carbocycles. The molecule has 0 saturated carbocycles. The summed E-state index contributed by atoms with van der Waals surface area (Å²) >= 11 is 3.48. The van der Waals surface area contributed by atoms with Gasteiger partial charge in [0, 0.05) is 27.5 Å². The first-order chi connectivity index (χ1) is 16.0. The maximum Gasteiger partial charge on any atom is 0.249 e. The maximum absolute atomic E-state index is 6.09. The first-order valence-electron chi connectivity index (χ1n) is 11.9. The van der Waals surface area contributed by atoms with Gasteiger partial charge in [-0.2, -0.15) is 0 Å². The summed E-state index contributed by atoms with van der Waals surface area (Å²) in [6.45, 7) is 15.8. The summed E-state index contributed by atoms with van der Waals surface area (Å²) < 4.78 is 25.6. The van der Waals surface area contributed by atoms with E-state index in [-0.39, 0.29) is 13.1 Å². The van der Waals surface area contributed by atoms with Crippen LogP contribution in [0.3, 0.4) is 0 Å². The van der Waals surface area contributed by atoms with Gasteiger partial charge in [0.25, 0.3) is 0 Å². The van der Waals surface area contributed by atoms with Crippen LogP contribution in [0.2, 0.25) is 45.3 Å². The van der Waals surface area contributed by atoms with E-state index < -0.39 is 16.1 Å². The highest BCUT2D eigenvalue weighted by molar-refractivity contribution is 9.10. The summed E-state index contributed by atoms with van der Waals surface area (Å²) in [5.41, 5.74) is 2.17. The van der Waals surface area contributed by atoms with Crippen LogP contribution in [0.1, 0.15) is 25.0 Å². The third kappa shape index (κ3) is 8.79. The van der Waals surface area contributed by atoms with Crippen molar-refractivity contribution >= 4 is 32.1 Å². The summed E-state index contributed by atoms with van der Waals surface area (Å²) in [5, 5.41) is 8.88. The number of ether oxygens (including phenoxy) is 4. The van der Waals surface area contributed by atoms with Gasteiger partial charge in [-0.1, -0.05) is 44.5 Å². The molecule has 1 aliphatic heterocycles. The van der Waals surface area contributed by atoms with E-state index >= 15 is 0 Å². The zero-order chi connectivity index (χ0) is 24.8. The number of nitrogens with zero attached hydrogens (tertiary/aromatic N) is 5.